The predicted octanol–water partition coefficient (Wildman–Crippen LogP) is 5.05. The summed E-state index contributed by atoms with van der Waals surface area (Å²) in [7, 11) is 1.83. The molecule has 0 unspecified atom stereocenters. The molecule has 1 atom stereocenters. The van der Waals surface area contributed by atoms with E-state index in [4.69, 9.17) is 23.2 Å². The fraction of sp³-hybridized carbons (Fsp3) is 0.333. The van der Waals surface area contributed by atoms with Gasteiger partial charge >= 0.3 is 0 Å². The van der Waals surface area contributed by atoms with Crippen LogP contribution in [0.1, 0.15) is 48.1 Å². The Hall–Kier alpha value is -2.55. The number of thioether (sulfide) groups is 1. The number of halogens is 2. The van der Waals surface area contributed by atoms with Crippen LogP contribution >= 0.6 is 35.0 Å². The molecule has 0 bridgehead atoms. The van der Waals surface area contributed by atoms with Crippen LogP contribution in [0.2, 0.25) is 10.0 Å². The van der Waals surface area contributed by atoms with Gasteiger partial charge in [-0.25, -0.2) is 0 Å². The number of amides is 2. The summed E-state index contributed by atoms with van der Waals surface area (Å²) in [5.41, 5.74) is 1.38. The molecule has 1 aromatic heterocycles. The molecule has 180 valence electrons. The molecule has 0 aliphatic heterocycles. The van der Waals surface area contributed by atoms with Gasteiger partial charge in [-0.05, 0) is 36.1 Å². The molecule has 2 aromatic carbocycles. The molecule has 0 saturated heterocycles. The minimum absolute atomic E-state index is 0.0946. The van der Waals surface area contributed by atoms with Crippen LogP contribution in [0.4, 0.5) is 0 Å². The third kappa shape index (κ3) is 7.22. The van der Waals surface area contributed by atoms with Gasteiger partial charge in [-0.3, -0.25) is 9.59 Å². The quantitative estimate of drug-likeness (QED) is 0.366. The Morgan fingerprint density at radius 3 is 2.50 bits per heavy atom. The third-order valence-electron chi connectivity index (χ3n) is 5.03. The van der Waals surface area contributed by atoms with E-state index in [0.29, 0.717) is 40.5 Å². The van der Waals surface area contributed by atoms with Gasteiger partial charge in [0.2, 0.25) is 5.91 Å². The summed E-state index contributed by atoms with van der Waals surface area (Å²) in [5, 5.41) is 15.8. The van der Waals surface area contributed by atoms with E-state index in [9.17, 15) is 9.59 Å². The predicted molar refractivity (Wildman–Crippen MR) is 136 cm³/mol. The van der Waals surface area contributed by atoms with Crippen LogP contribution < -0.4 is 10.6 Å². The highest BCUT2D eigenvalue weighted by molar-refractivity contribution is 7.99. The lowest BCUT2D eigenvalue weighted by molar-refractivity contribution is -0.118. The highest BCUT2D eigenvalue weighted by Gasteiger charge is 2.24. The van der Waals surface area contributed by atoms with Gasteiger partial charge in [-0.2, -0.15) is 0 Å². The lowest BCUT2D eigenvalue weighted by atomic mass is 10.0. The molecule has 0 fully saturated rings. The molecule has 10 heteroatoms. The summed E-state index contributed by atoms with van der Waals surface area (Å²) in [4.78, 5) is 25.2. The fourth-order valence-corrected chi connectivity index (χ4v) is 4.59. The van der Waals surface area contributed by atoms with Crippen molar-refractivity contribution in [2.45, 2.75) is 38.0 Å². The molecule has 2 N–H and O–H groups in total. The zero-order valence-corrected chi connectivity index (χ0v) is 21.5. The van der Waals surface area contributed by atoms with Crippen LogP contribution in [0.15, 0.2) is 53.7 Å². The molecule has 0 radical (unpaired) electrons. The number of nitrogens with zero attached hydrogens (tertiary/aromatic N) is 3. The largest absolute Gasteiger partial charge is 0.351 e. The molecular formula is C24H27Cl2N5O2S. The van der Waals surface area contributed by atoms with Crippen LogP contribution in [0.25, 0.3) is 0 Å². The normalized spacial score (nSPS) is 11.9. The summed E-state index contributed by atoms with van der Waals surface area (Å²) in [6.45, 7) is 4.61. The maximum Gasteiger partial charge on any atom is 0.253 e. The Morgan fingerprint density at radius 1 is 1.09 bits per heavy atom. The standard InChI is InChI=1S/C24H27Cl2N5O2S/c1-15(2)11-20(28-23(33)18-10-9-17(25)12-19(18)26)22-29-30-24(31(22)3)34-14-21(32)27-13-16-7-5-4-6-8-16/h4-10,12,15,20H,11,13-14H2,1-3H3,(H,27,32)(H,28,33)/t20-/m0/s1. The smallest absolute Gasteiger partial charge is 0.253 e. The van der Waals surface area contributed by atoms with Crippen molar-refractivity contribution in [2.75, 3.05) is 5.75 Å². The number of aromatic nitrogens is 3. The number of hydrogen-bond donors (Lipinski definition) is 2. The monoisotopic (exact) mass is 519 g/mol. The van der Waals surface area contributed by atoms with Crippen molar-refractivity contribution in [3.8, 4) is 0 Å². The topological polar surface area (TPSA) is 88.9 Å². The second kappa shape index (κ2) is 12.2. The molecule has 3 aromatic rings. The molecule has 0 aliphatic rings. The average Bonchev–Trinajstić information content (AvgIpc) is 3.16. The summed E-state index contributed by atoms with van der Waals surface area (Å²) in [5.74, 6) is 0.704. The van der Waals surface area contributed by atoms with Crippen molar-refractivity contribution >= 4 is 46.8 Å². The number of carbonyl (C=O) groups excluding carboxylic acids is 2. The van der Waals surface area contributed by atoms with E-state index in [-0.39, 0.29) is 28.6 Å². The maximum atomic E-state index is 12.9. The second-order valence-electron chi connectivity index (χ2n) is 8.23. The van der Waals surface area contributed by atoms with Gasteiger partial charge in [0.15, 0.2) is 11.0 Å². The van der Waals surface area contributed by atoms with Crippen molar-refractivity contribution in [3.63, 3.8) is 0 Å². The maximum absolute atomic E-state index is 12.9. The third-order valence-corrected chi connectivity index (χ3v) is 6.60. The molecular weight excluding hydrogens is 493 g/mol. The summed E-state index contributed by atoms with van der Waals surface area (Å²) >= 11 is 13.5. The van der Waals surface area contributed by atoms with Gasteiger partial charge < -0.3 is 15.2 Å². The van der Waals surface area contributed by atoms with Gasteiger partial charge in [-0.15, -0.1) is 10.2 Å². The van der Waals surface area contributed by atoms with Crippen molar-refractivity contribution in [2.24, 2.45) is 13.0 Å². The summed E-state index contributed by atoms with van der Waals surface area (Å²) in [6, 6.07) is 14.1. The van der Waals surface area contributed by atoms with E-state index in [1.165, 1.54) is 17.8 Å². The van der Waals surface area contributed by atoms with Crippen molar-refractivity contribution in [3.05, 3.63) is 75.5 Å². The first-order chi connectivity index (χ1) is 16.2. The Morgan fingerprint density at radius 2 is 1.82 bits per heavy atom. The first-order valence-corrected chi connectivity index (χ1v) is 12.6. The molecule has 0 saturated carbocycles. The minimum atomic E-state index is -0.377. The average molecular weight is 520 g/mol. The van der Waals surface area contributed by atoms with Crippen LogP contribution in [-0.2, 0) is 18.4 Å². The van der Waals surface area contributed by atoms with Crippen LogP contribution in [0, 0.1) is 5.92 Å². The molecule has 0 spiro atoms. The van der Waals surface area contributed by atoms with Crippen LogP contribution in [-0.4, -0.2) is 32.3 Å². The van der Waals surface area contributed by atoms with E-state index < -0.39 is 0 Å². The number of hydrogen-bond acceptors (Lipinski definition) is 5. The first kappa shape index (κ1) is 26.1. The highest BCUT2D eigenvalue weighted by Crippen LogP contribution is 2.26. The zero-order chi connectivity index (χ0) is 24.7. The van der Waals surface area contributed by atoms with Gasteiger partial charge in [0, 0.05) is 18.6 Å². The van der Waals surface area contributed by atoms with E-state index >= 15 is 0 Å². The number of nitrogens with one attached hydrogen (secondary N) is 2. The second-order valence-corrected chi connectivity index (χ2v) is 10.0. The zero-order valence-electron chi connectivity index (χ0n) is 19.2. The molecule has 34 heavy (non-hydrogen) atoms. The highest BCUT2D eigenvalue weighted by atomic mass is 35.5. The van der Waals surface area contributed by atoms with Gasteiger partial charge in [0.1, 0.15) is 0 Å². The van der Waals surface area contributed by atoms with Crippen molar-refractivity contribution in [1.82, 2.24) is 25.4 Å². The van der Waals surface area contributed by atoms with Gasteiger partial charge in [0.25, 0.3) is 5.91 Å². The minimum Gasteiger partial charge on any atom is -0.351 e. The Balaban J connectivity index is 1.65. The number of benzene rings is 2. The van der Waals surface area contributed by atoms with Crippen molar-refractivity contribution < 1.29 is 9.59 Å². The molecule has 7 nitrogen and oxygen atoms in total. The Kier molecular flexibility index (Phi) is 9.38. The number of rotatable bonds is 10. The summed E-state index contributed by atoms with van der Waals surface area (Å²) in [6.07, 6.45) is 0.658. The fourth-order valence-electron chi connectivity index (χ4n) is 3.34. The van der Waals surface area contributed by atoms with Gasteiger partial charge in [-0.1, -0.05) is 79.1 Å². The van der Waals surface area contributed by atoms with Gasteiger partial charge in [0.05, 0.1) is 22.4 Å². The van der Waals surface area contributed by atoms with Crippen LogP contribution in [0.3, 0.4) is 0 Å². The van der Waals surface area contributed by atoms with E-state index in [0.717, 1.165) is 5.56 Å². The molecule has 2 amide bonds. The summed E-state index contributed by atoms with van der Waals surface area (Å²) < 4.78 is 1.81. The van der Waals surface area contributed by atoms with Crippen molar-refractivity contribution in [1.29, 1.82) is 0 Å². The molecule has 3 rings (SSSR count). The molecule has 0 aliphatic carbocycles. The lowest BCUT2D eigenvalue weighted by Crippen LogP contribution is -2.31. The SMILES string of the molecule is CC(C)C[C@H](NC(=O)c1ccc(Cl)cc1Cl)c1nnc(SCC(=O)NCc2ccccc2)n1C. The molecule has 1 heterocycles. The van der Waals surface area contributed by atoms with E-state index in [1.54, 1.807) is 12.1 Å². The van der Waals surface area contributed by atoms with E-state index in [1.807, 2.05) is 41.9 Å². The lowest BCUT2D eigenvalue weighted by Gasteiger charge is -2.20. The Labute approximate surface area is 213 Å². The van der Waals surface area contributed by atoms with Crippen LogP contribution in [0.5, 0.6) is 0 Å². The first-order valence-electron chi connectivity index (χ1n) is 10.8. The Bertz CT molecular complexity index is 1140. The van der Waals surface area contributed by atoms with E-state index in [2.05, 4.69) is 34.7 Å². The number of carbonyl (C=O) groups is 2.